The smallest absolute Gasteiger partial charge is 0.251 e. The highest BCUT2D eigenvalue weighted by Crippen LogP contribution is 2.35. The number of hydrogen-bond donors (Lipinski definition) is 2. The predicted molar refractivity (Wildman–Crippen MR) is 114 cm³/mol. The highest BCUT2D eigenvalue weighted by molar-refractivity contribution is 7.89. The zero-order chi connectivity index (χ0) is 21.8. The van der Waals surface area contributed by atoms with Crippen LogP contribution < -0.4 is 5.32 Å². The summed E-state index contributed by atoms with van der Waals surface area (Å²) in [6.45, 7) is 1.21. The Bertz CT molecular complexity index is 955. The first-order valence-corrected chi connectivity index (χ1v) is 11.4. The molecule has 7 nitrogen and oxygen atoms in total. The van der Waals surface area contributed by atoms with Crippen molar-refractivity contribution in [2.75, 3.05) is 33.9 Å². The zero-order valence-electron chi connectivity index (χ0n) is 17.2. The Morgan fingerprint density at radius 2 is 1.70 bits per heavy atom. The highest BCUT2D eigenvalue weighted by Gasteiger charge is 2.39. The van der Waals surface area contributed by atoms with Crippen LogP contribution in [0.5, 0.6) is 0 Å². The number of carbonyl (C=O) groups excluding carboxylic acids is 1. The molecule has 1 saturated heterocycles. The maximum atomic E-state index is 12.7. The SMILES string of the molecule is CN(C)S(=O)(=O)c1ccc(C(=O)NC[C@](O)(c2ccccc2)C2CCOCC2)cc1. The molecule has 0 bridgehead atoms. The van der Waals surface area contributed by atoms with Crippen molar-refractivity contribution in [3.05, 3.63) is 65.7 Å². The summed E-state index contributed by atoms with van der Waals surface area (Å²) < 4.78 is 30.9. The first kappa shape index (κ1) is 22.4. The van der Waals surface area contributed by atoms with Crippen LogP contribution in [-0.4, -0.2) is 57.6 Å². The van der Waals surface area contributed by atoms with Gasteiger partial charge in [0.1, 0.15) is 5.60 Å². The molecule has 0 unspecified atom stereocenters. The lowest BCUT2D eigenvalue weighted by Gasteiger charge is -2.39. The molecule has 0 aliphatic carbocycles. The van der Waals surface area contributed by atoms with Crippen molar-refractivity contribution in [1.82, 2.24) is 9.62 Å². The maximum absolute atomic E-state index is 12.7. The number of sulfonamides is 1. The second-order valence-electron chi connectivity index (χ2n) is 7.67. The summed E-state index contributed by atoms with van der Waals surface area (Å²) in [4.78, 5) is 12.8. The summed E-state index contributed by atoms with van der Waals surface area (Å²) >= 11 is 0. The molecule has 1 fully saturated rings. The van der Waals surface area contributed by atoms with Gasteiger partial charge >= 0.3 is 0 Å². The van der Waals surface area contributed by atoms with Crippen LogP contribution in [0, 0.1) is 5.92 Å². The Morgan fingerprint density at radius 1 is 1.10 bits per heavy atom. The third-order valence-electron chi connectivity index (χ3n) is 5.58. The van der Waals surface area contributed by atoms with Crippen LogP contribution in [0.2, 0.25) is 0 Å². The summed E-state index contributed by atoms with van der Waals surface area (Å²) in [5.41, 5.74) is -0.130. The molecule has 162 valence electrons. The van der Waals surface area contributed by atoms with E-state index in [1.54, 1.807) is 0 Å². The standard InChI is InChI=1S/C22H28N2O5S/c1-24(2)30(27,28)20-10-8-17(9-11-20)21(25)23-16-22(26,18-6-4-3-5-7-18)19-12-14-29-15-13-19/h3-11,19,26H,12-16H2,1-2H3,(H,23,25)/t22-/m0/s1. The number of rotatable bonds is 7. The molecule has 0 radical (unpaired) electrons. The fourth-order valence-corrected chi connectivity index (χ4v) is 4.59. The third-order valence-corrected chi connectivity index (χ3v) is 7.41. The first-order chi connectivity index (χ1) is 14.2. The molecule has 2 aromatic carbocycles. The lowest BCUT2D eigenvalue weighted by molar-refractivity contribution is -0.0680. The number of aliphatic hydroxyl groups is 1. The molecule has 30 heavy (non-hydrogen) atoms. The predicted octanol–water partition coefficient (Wildman–Crippen LogP) is 1.98. The number of nitrogens with zero attached hydrogens (tertiary/aromatic N) is 1. The van der Waals surface area contributed by atoms with E-state index in [1.165, 1.54) is 38.4 Å². The number of nitrogens with one attached hydrogen (secondary N) is 1. The lowest BCUT2D eigenvalue weighted by Crippen LogP contribution is -2.47. The van der Waals surface area contributed by atoms with Crippen LogP contribution >= 0.6 is 0 Å². The third kappa shape index (κ3) is 4.73. The fourth-order valence-electron chi connectivity index (χ4n) is 3.69. The van der Waals surface area contributed by atoms with Crippen molar-refractivity contribution in [1.29, 1.82) is 0 Å². The molecule has 0 saturated carbocycles. The first-order valence-electron chi connectivity index (χ1n) is 9.91. The van der Waals surface area contributed by atoms with E-state index in [2.05, 4.69) is 5.32 Å². The normalized spacial score (nSPS) is 17.5. The molecule has 0 spiro atoms. The van der Waals surface area contributed by atoms with Gasteiger partial charge in [0.2, 0.25) is 10.0 Å². The summed E-state index contributed by atoms with van der Waals surface area (Å²) in [5, 5.41) is 14.4. The summed E-state index contributed by atoms with van der Waals surface area (Å²) in [6, 6.07) is 15.1. The van der Waals surface area contributed by atoms with E-state index in [-0.39, 0.29) is 23.3 Å². The second kappa shape index (κ2) is 9.26. The summed E-state index contributed by atoms with van der Waals surface area (Å²) in [7, 11) is -0.646. The molecule has 1 aliphatic rings. The monoisotopic (exact) mass is 432 g/mol. The molecule has 1 atom stereocenters. The summed E-state index contributed by atoms with van der Waals surface area (Å²) in [6.07, 6.45) is 1.41. The van der Waals surface area contributed by atoms with Crippen LogP contribution in [0.15, 0.2) is 59.5 Å². The van der Waals surface area contributed by atoms with Crippen molar-refractivity contribution in [2.45, 2.75) is 23.3 Å². The second-order valence-corrected chi connectivity index (χ2v) is 9.82. The van der Waals surface area contributed by atoms with E-state index in [4.69, 9.17) is 4.74 Å². The van der Waals surface area contributed by atoms with Crippen LogP contribution in [0.4, 0.5) is 0 Å². The highest BCUT2D eigenvalue weighted by atomic mass is 32.2. The van der Waals surface area contributed by atoms with Gasteiger partial charge in [0.05, 0.1) is 11.4 Å². The van der Waals surface area contributed by atoms with Crippen LogP contribution in [0.25, 0.3) is 0 Å². The van der Waals surface area contributed by atoms with E-state index in [0.29, 0.717) is 31.6 Å². The van der Waals surface area contributed by atoms with Crippen LogP contribution in [0.3, 0.4) is 0 Å². The Kier molecular flexibility index (Phi) is 6.92. The average Bonchev–Trinajstić information content (AvgIpc) is 2.78. The Morgan fingerprint density at radius 3 is 2.27 bits per heavy atom. The van der Waals surface area contributed by atoms with E-state index in [1.807, 2.05) is 30.3 Å². The van der Waals surface area contributed by atoms with E-state index >= 15 is 0 Å². The fraction of sp³-hybridized carbons (Fsp3) is 0.409. The molecular formula is C22H28N2O5S. The van der Waals surface area contributed by atoms with Gasteiger partial charge in [-0.2, -0.15) is 0 Å². The number of ether oxygens (including phenoxy) is 1. The lowest BCUT2D eigenvalue weighted by atomic mass is 9.77. The van der Waals surface area contributed by atoms with Gasteiger partial charge in [-0.15, -0.1) is 0 Å². The molecule has 2 N–H and O–H groups in total. The quantitative estimate of drug-likeness (QED) is 0.698. The largest absolute Gasteiger partial charge is 0.383 e. The Hall–Kier alpha value is -2.26. The number of amides is 1. The van der Waals surface area contributed by atoms with E-state index in [0.717, 1.165) is 9.87 Å². The van der Waals surface area contributed by atoms with Crippen molar-refractivity contribution in [3.8, 4) is 0 Å². The molecule has 2 aromatic rings. The van der Waals surface area contributed by atoms with Gasteiger partial charge < -0.3 is 15.2 Å². The van der Waals surface area contributed by atoms with Crippen LogP contribution in [0.1, 0.15) is 28.8 Å². The number of carbonyl (C=O) groups is 1. The van der Waals surface area contributed by atoms with Crippen molar-refractivity contribution in [2.24, 2.45) is 5.92 Å². The maximum Gasteiger partial charge on any atom is 0.251 e. The van der Waals surface area contributed by atoms with Gasteiger partial charge in [0.15, 0.2) is 0 Å². The van der Waals surface area contributed by atoms with Crippen molar-refractivity contribution >= 4 is 15.9 Å². The van der Waals surface area contributed by atoms with Gasteiger partial charge in [0, 0.05) is 32.9 Å². The Balaban J connectivity index is 1.76. The van der Waals surface area contributed by atoms with E-state index < -0.39 is 15.6 Å². The van der Waals surface area contributed by atoms with Gasteiger partial charge in [-0.3, -0.25) is 4.79 Å². The average molecular weight is 433 g/mol. The molecule has 3 rings (SSSR count). The topological polar surface area (TPSA) is 95.9 Å². The van der Waals surface area contributed by atoms with Gasteiger partial charge in [-0.05, 0) is 48.6 Å². The minimum Gasteiger partial charge on any atom is -0.383 e. The van der Waals surface area contributed by atoms with E-state index in [9.17, 15) is 18.3 Å². The van der Waals surface area contributed by atoms with Gasteiger partial charge in [-0.1, -0.05) is 30.3 Å². The summed E-state index contributed by atoms with van der Waals surface area (Å²) in [5.74, 6) is -0.410. The molecule has 0 aromatic heterocycles. The number of hydrogen-bond acceptors (Lipinski definition) is 5. The van der Waals surface area contributed by atoms with Crippen LogP contribution in [-0.2, 0) is 20.4 Å². The Labute approximate surface area is 177 Å². The molecule has 1 heterocycles. The molecule has 1 aliphatic heterocycles. The van der Waals surface area contributed by atoms with Crippen molar-refractivity contribution in [3.63, 3.8) is 0 Å². The number of benzene rings is 2. The molecule has 8 heteroatoms. The van der Waals surface area contributed by atoms with Crippen molar-refractivity contribution < 1.29 is 23.1 Å². The van der Waals surface area contributed by atoms with Gasteiger partial charge in [-0.25, -0.2) is 12.7 Å². The molecule has 1 amide bonds. The zero-order valence-corrected chi connectivity index (χ0v) is 18.1. The van der Waals surface area contributed by atoms with Gasteiger partial charge in [0.25, 0.3) is 5.91 Å². The minimum absolute atomic E-state index is 0.0402. The molecular weight excluding hydrogens is 404 g/mol. The minimum atomic E-state index is -3.56.